The fourth-order valence-corrected chi connectivity index (χ4v) is 2.60. The van der Waals surface area contributed by atoms with Crippen LogP contribution in [0.5, 0.6) is 5.75 Å². The fraction of sp³-hybridized carbons (Fsp3) is 0.533. The molecule has 0 aliphatic carbocycles. The number of ether oxygens (including phenoxy) is 3. The molecule has 1 aliphatic rings. The predicted octanol–water partition coefficient (Wildman–Crippen LogP) is 3.10. The molecule has 0 atom stereocenters. The molecule has 0 radical (unpaired) electrons. The molecule has 0 unspecified atom stereocenters. The largest absolute Gasteiger partial charge is 0.435 e. The van der Waals surface area contributed by atoms with E-state index < -0.39 is 6.61 Å². The molecule has 0 saturated carbocycles. The van der Waals surface area contributed by atoms with Crippen LogP contribution in [0.4, 0.5) is 8.78 Å². The van der Waals surface area contributed by atoms with Crippen LogP contribution in [-0.4, -0.2) is 35.9 Å². The van der Waals surface area contributed by atoms with Gasteiger partial charge in [-0.3, -0.25) is 4.68 Å². The average molecular weight is 312 g/mol. The van der Waals surface area contributed by atoms with Crippen molar-refractivity contribution in [1.29, 1.82) is 0 Å². The molecule has 3 rings (SSSR count). The molecule has 0 amide bonds. The van der Waals surface area contributed by atoms with Gasteiger partial charge in [0, 0.05) is 18.4 Å². The second kappa shape index (κ2) is 6.58. The number of halogens is 2. The van der Waals surface area contributed by atoms with Crippen LogP contribution >= 0.6 is 0 Å². The molecule has 0 bridgehead atoms. The molecule has 1 aromatic heterocycles. The number of hydrogen-bond donors (Lipinski definition) is 0. The van der Waals surface area contributed by atoms with Crippen LogP contribution < -0.4 is 4.74 Å². The SMILES string of the molecule is Cc1nn(CCC2OCCCO2)c2ccc(OC(F)F)cc12. The van der Waals surface area contributed by atoms with Crippen molar-refractivity contribution in [1.82, 2.24) is 9.78 Å². The lowest BCUT2D eigenvalue weighted by Gasteiger charge is -2.23. The van der Waals surface area contributed by atoms with Gasteiger partial charge in [-0.15, -0.1) is 0 Å². The highest BCUT2D eigenvalue weighted by Gasteiger charge is 2.16. The minimum absolute atomic E-state index is 0.143. The van der Waals surface area contributed by atoms with Crippen LogP contribution in [0.3, 0.4) is 0 Å². The van der Waals surface area contributed by atoms with Crippen LogP contribution in [0.1, 0.15) is 18.5 Å². The Morgan fingerprint density at radius 2 is 2.14 bits per heavy atom. The molecule has 1 fully saturated rings. The van der Waals surface area contributed by atoms with Gasteiger partial charge in [-0.1, -0.05) is 0 Å². The fourth-order valence-electron chi connectivity index (χ4n) is 2.60. The Bertz CT molecular complexity index is 639. The number of aryl methyl sites for hydroxylation is 2. The second-order valence-corrected chi connectivity index (χ2v) is 5.18. The number of aromatic nitrogens is 2. The van der Waals surface area contributed by atoms with Crippen molar-refractivity contribution < 1.29 is 23.0 Å². The van der Waals surface area contributed by atoms with E-state index in [0.717, 1.165) is 36.2 Å². The molecule has 1 aliphatic heterocycles. The topological polar surface area (TPSA) is 45.5 Å². The molecule has 2 heterocycles. The Hall–Kier alpha value is -1.73. The number of rotatable bonds is 5. The third-order valence-corrected chi connectivity index (χ3v) is 3.60. The van der Waals surface area contributed by atoms with Gasteiger partial charge in [0.1, 0.15) is 5.75 Å². The summed E-state index contributed by atoms with van der Waals surface area (Å²) in [4.78, 5) is 0. The van der Waals surface area contributed by atoms with Gasteiger partial charge in [-0.2, -0.15) is 13.9 Å². The summed E-state index contributed by atoms with van der Waals surface area (Å²) in [6.07, 6.45) is 1.42. The van der Waals surface area contributed by atoms with Gasteiger partial charge in [0.2, 0.25) is 0 Å². The van der Waals surface area contributed by atoms with Crippen LogP contribution in [0, 0.1) is 6.92 Å². The van der Waals surface area contributed by atoms with Crippen molar-refractivity contribution in [2.75, 3.05) is 13.2 Å². The Morgan fingerprint density at radius 3 is 2.86 bits per heavy atom. The van der Waals surface area contributed by atoms with Gasteiger partial charge in [-0.05, 0) is 31.5 Å². The Kier molecular flexibility index (Phi) is 4.54. The van der Waals surface area contributed by atoms with Crippen LogP contribution in [0.25, 0.3) is 10.9 Å². The molecular formula is C15H18F2N2O3. The van der Waals surface area contributed by atoms with Gasteiger partial charge in [0.25, 0.3) is 0 Å². The molecule has 1 saturated heterocycles. The van der Waals surface area contributed by atoms with Crippen LogP contribution in [0.2, 0.25) is 0 Å². The van der Waals surface area contributed by atoms with E-state index in [1.165, 1.54) is 6.07 Å². The van der Waals surface area contributed by atoms with Crippen molar-refractivity contribution in [3.8, 4) is 5.75 Å². The third-order valence-electron chi connectivity index (χ3n) is 3.60. The molecule has 0 spiro atoms. The summed E-state index contributed by atoms with van der Waals surface area (Å²) in [7, 11) is 0. The van der Waals surface area contributed by atoms with E-state index in [2.05, 4.69) is 9.84 Å². The lowest BCUT2D eigenvalue weighted by atomic mass is 10.2. The van der Waals surface area contributed by atoms with Gasteiger partial charge in [0.15, 0.2) is 6.29 Å². The Morgan fingerprint density at radius 1 is 1.36 bits per heavy atom. The maximum Gasteiger partial charge on any atom is 0.387 e. The predicted molar refractivity (Wildman–Crippen MR) is 76.0 cm³/mol. The van der Waals surface area contributed by atoms with E-state index in [0.29, 0.717) is 13.0 Å². The first-order chi connectivity index (χ1) is 10.6. The number of nitrogens with zero attached hydrogens (tertiary/aromatic N) is 2. The Labute approximate surface area is 126 Å². The number of fused-ring (bicyclic) bond motifs is 1. The summed E-state index contributed by atoms with van der Waals surface area (Å²) < 4.78 is 41.9. The van der Waals surface area contributed by atoms with Gasteiger partial charge >= 0.3 is 6.61 Å². The molecule has 120 valence electrons. The van der Waals surface area contributed by atoms with Gasteiger partial charge < -0.3 is 14.2 Å². The third kappa shape index (κ3) is 3.36. The molecule has 7 heteroatoms. The number of hydrogen-bond acceptors (Lipinski definition) is 4. The van der Waals surface area contributed by atoms with Crippen molar-refractivity contribution in [2.45, 2.75) is 39.2 Å². The molecule has 1 aromatic carbocycles. The van der Waals surface area contributed by atoms with Gasteiger partial charge in [0.05, 0.1) is 24.4 Å². The highest BCUT2D eigenvalue weighted by atomic mass is 19.3. The highest BCUT2D eigenvalue weighted by Crippen LogP contribution is 2.25. The van der Waals surface area contributed by atoms with Crippen molar-refractivity contribution in [3.05, 3.63) is 23.9 Å². The van der Waals surface area contributed by atoms with Crippen molar-refractivity contribution >= 4 is 10.9 Å². The van der Waals surface area contributed by atoms with E-state index in [1.807, 2.05) is 11.6 Å². The average Bonchev–Trinajstić information content (AvgIpc) is 2.82. The van der Waals surface area contributed by atoms with E-state index in [4.69, 9.17) is 9.47 Å². The standard InChI is InChI=1S/C15H18F2N2O3/c1-10-12-9-11(22-15(16)17)3-4-13(12)19(18-10)6-5-14-20-7-2-8-21-14/h3-4,9,14-15H,2,5-8H2,1H3. The lowest BCUT2D eigenvalue weighted by Crippen LogP contribution is -2.26. The molecule has 5 nitrogen and oxygen atoms in total. The summed E-state index contributed by atoms with van der Waals surface area (Å²) in [5.41, 5.74) is 1.66. The summed E-state index contributed by atoms with van der Waals surface area (Å²) >= 11 is 0. The van der Waals surface area contributed by atoms with Crippen LogP contribution in [-0.2, 0) is 16.0 Å². The zero-order valence-corrected chi connectivity index (χ0v) is 12.3. The smallest absolute Gasteiger partial charge is 0.387 e. The summed E-state index contributed by atoms with van der Waals surface area (Å²) in [6.45, 7) is 1.10. The second-order valence-electron chi connectivity index (χ2n) is 5.18. The van der Waals surface area contributed by atoms with Gasteiger partial charge in [-0.25, -0.2) is 0 Å². The first kappa shape index (κ1) is 15.2. The zero-order valence-electron chi connectivity index (χ0n) is 12.3. The quantitative estimate of drug-likeness (QED) is 0.851. The zero-order chi connectivity index (χ0) is 15.5. The molecule has 0 N–H and O–H groups in total. The monoisotopic (exact) mass is 312 g/mol. The lowest BCUT2D eigenvalue weighted by molar-refractivity contribution is -0.182. The van der Waals surface area contributed by atoms with E-state index in [9.17, 15) is 8.78 Å². The molecule has 22 heavy (non-hydrogen) atoms. The summed E-state index contributed by atoms with van der Waals surface area (Å²) in [5, 5.41) is 5.27. The molecular weight excluding hydrogens is 294 g/mol. The maximum atomic E-state index is 12.3. The normalized spacial score (nSPS) is 16.5. The first-order valence-corrected chi connectivity index (χ1v) is 7.28. The van der Waals surface area contributed by atoms with E-state index in [-0.39, 0.29) is 12.0 Å². The Balaban J connectivity index is 1.75. The minimum Gasteiger partial charge on any atom is -0.435 e. The van der Waals surface area contributed by atoms with Crippen molar-refractivity contribution in [3.63, 3.8) is 0 Å². The minimum atomic E-state index is -2.83. The van der Waals surface area contributed by atoms with Crippen LogP contribution in [0.15, 0.2) is 18.2 Å². The maximum absolute atomic E-state index is 12.3. The number of alkyl halides is 2. The number of benzene rings is 1. The summed E-state index contributed by atoms with van der Waals surface area (Å²) in [5.74, 6) is 0.143. The summed E-state index contributed by atoms with van der Waals surface area (Å²) in [6, 6.07) is 4.86. The van der Waals surface area contributed by atoms with E-state index >= 15 is 0 Å². The van der Waals surface area contributed by atoms with Crippen molar-refractivity contribution in [2.24, 2.45) is 0 Å². The molecule has 2 aromatic rings. The van der Waals surface area contributed by atoms with E-state index in [1.54, 1.807) is 12.1 Å². The highest BCUT2D eigenvalue weighted by molar-refractivity contribution is 5.83. The first-order valence-electron chi connectivity index (χ1n) is 7.28.